The number of ether oxygens (including phenoxy) is 1. The number of hydrogen-bond acceptors (Lipinski definition) is 3. The minimum Gasteiger partial charge on any atom is -0.463 e. The monoisotopic (exact) mass is 163 g/mol. The highest BCUT2D eigenvalue weighted by Crippen LogP contribution is 2.10. The number of esters is 1. The third-order valence-corrected chi connectivity index (χ3v) is 1.12. The minimum atomic E-state index is -2.71. The molecular weight excluding hydrogens is 153 g/mol. The minimum absolute atomic E-state index is 0.0195. The number of carbonyl (C=O) groups excluding carboxylic acids is 2. The van der Waals surface area contributed by atoms with Crippen LogP contribution in [0.15, 0.2) is 0 Å². The van der Waals surface area contributed by atoms with E-state index in [-0.39, 0.29) is 6.61 Å². The van der Waals surface area contributed by atoms with Crippen LogP contribution in [0.3, 0.4) is 0 Å². The average Bonchev–Trinajstić information content (AvgIpc) is 1.88. The lowest BCUT2D eigenvalue weighted by molar-refractivity contribution is -0.160. The molecule has 1 amide bonds. The van der Waals surface area contributed by atoms with Gasteiger partial charge in [0.2, 0.25) is 0 Å². The van der Waals surface area contributed by atoms with Crippen LogP contribution in [0.2, 0.25) is 0 Å². The Kier molecular flexibility index (Phi) is 2.98. The first kappa shape index (κ1) is 9.87. The number of rotatable bonds is 3. The highest BCUT2D eigenvalue weighted by molar-refractivity contribution is 6.04. The zero-order valence-electron chi connectivity index (χ0n) is 6.39. The molecule has 4 nitrogen and oxygen atoms in total. The summed E-state index contributed by atoms with van der Waals surface area (Å²) in [5.74, 6) is -2.58. The molecule has 0 aliphatic heterocycles. The molecule has 1 unspecified atom stereocenters. The van der Waals surface area contributed by atoms with Crippen molar-refractivity contribution in [1.29, 1.82) is 0 Å². The average molecular weight is 163 g/mol. The SMILES string of the molecule is CCOC(=O)C(C)(F)C(N)=O. The molecule has 0 saturated carbocycles. The molecule has 0 heterocycles. The molecule has 0 aromatic heterocycles. The van der Waals surface area contributed by atoms with Gasteiger partial charge in [-0.1, -0.05) is 0 Å². The third-order valence-electron chi connectivity index (χ3n) is 1.12. The van der Waals surface area contributed by atoms with E-state index in [0.29, 0.717) is 0 Å². The number of carbonyl (C=O) groups is 2. The third kappa shape index (κ3) is 2.18. The molecule has 0 saturated heterocycles. The van der Waals surface area contributed by atoms with Crippen molar-refractivity contribution in [3.05, 3.63) is 0 Å². The van der Waals surface area contributed by atoms with Crippen molar-refractivity contribution in [2.75, 3.05) is 6.61 Å². The topological polar surface area (TPSA) is 69.4 Å². The summed E-state index contributed by atoms with van der Waals surface area (Å²) in [6, 6.07) is 0. The fourth-order valence-electron chi connectivity index (χ4n) is 0.367. The Hall–Kier alpha value is -1.13. The smallest absolute Gasteiger partial charge is 0.353 e. The molecule has 5 heteroatoms. The van der Waals surface area contributed by atoms with Gasteiger partial charge in [-0.15, -0.1) is 0 Å². The number of alkyl halides is 1. The molecule has 0 aromatic rings. The van der Waals surface area contributed by atoms with Crippen LogP contribution in [-0.4, -0.2) is 24.2 Å². The maximum atomic E-state index is 12.8. The van der Waals surface area contributed by atoms with Gasteiger partial charge in [0.15, 0.2) is 0 Å². The van der Waals surface area contributed by atoms with E-state index < -0.39 is 17.5 Å². The lowest BCUT2D eigenvalue weighted by Crippen LogP contribution is -2.45. The molecule has 0 rings (SSSR count). The predicted octanol–water partition coefficient (Wildman–Crippen LogP) is -0.237. The quantitative estimate of drug-likeness (QED) is 0.461. The number of nitrogens with two attached hydrogens (primary N) is 1. The maximum Gasteiger partial charge on any atom is 0.353 e. The van der Waals surface area contributed by atoms with Crippen LogP contribution in [0.25, 0.3) is 0 Å². The Bertz CT molecular complexity index is 179. The standard InChI is InChI=1S/C6H10FNO3/c1-3-11-5(10)6(2,7)4(8)9/h3H2,1-2H3,(H2,8,9). The lowest BCUT2D eigenvalue weighted by Gasteiger charge is -2.13. The summed E-state index contributed by atoms with van der Waals surface area (Å²) in [6.07, 6.45) is 0. The Morgan fingerprint density at radius 1 is 1.64 bits per heavy atom. The zero-order chi connectivity index (χ0) is 9.07. The van der Waals surface area contributed by atoms with Crippen LogP contribution in [0.5, 0.6) is 0 Å². The van der Waals surface area contributed by atoms with Gasteiger partial charge in [0.05, 0.1) is 6.61 Å². The van der Waals surface area contributed by atoms with E-state index in [1.54, 1.807) is 0 Å². The number of halogens is 1. The first-order valence-corrected chi connectivity index (χ1v) is 3.09. The van der Waals surface area contributed by atoms with Gasteiger partial charge in [-0.2, -0.15) is 0 Å². The van der Waals surface area contributed by atoms with Crippen LogP contribution in [0.4, 0.5) is 4.39 Å². The van der Waals surface area contributed by atoms with Crippen LogP contribution >= 0.6 is 0 Å². The van der Waals surface area contributed by atoms with E-state index in [1.807, 2.05) is 0 Å². The van der Waals surface area contributed by atoms with Gasteiger partial charge in [0, 0.05) is 0 Å². The van der Waals surface area contributed by atoms with E-state index >= 15 is 0 Å². The van der Waals surface area contributed by atoms with Crippen LogP contribution in [0.1, 0.15) is 13.8 Å². The van der Waals surface area contributed by atoms with Gasteiger partial charge in [0.25, 0.3) is 11.6 Å². The summed E-state index contributed by atoms with van der Waals surface area (Å²) in [4.78, 5) is 20.9. The molecule has 0 radical (unpaired) electrons. The van der Waals surface area contributed by atoms with E-state index in [1.165, 1.54) is 6.92 Å². The molecule has 64 valence electrons. The largest absolute Gasteiger partial charge is 0.463 e. The molecule has 0 fully saturated rings. The maximum absolute atomic E-state index is 12.8. The van der Waals surface area contributed by atoms with Gasteiger partial charge in [0.1, 0.15) is 0 Å². The van der Waals surface area contributed by atoms with Gasteiger partial charge in [-0.05, 0) is 13.8 Å². The highest BCUT2D eigenvalue weighted by atomic mass is 19.1. The molecule has 0 aromatic carbocycles. The molecule has 0 aliphatic carbocycles. The van der Waals surface area contributed by atoms with E-state index in [2.05, 4.69) is 10.5 Å². The molecular formula is C6H10FNO3. The molecule has 0 aliphatic rings. The van der Waals surface area contributed by atoms with Crippen LogP contribution in [-0.2, 0) is 14.3 Å². The second-order valence-corrected chi connectivity index (χ2v) is 2.09. The fourth-order valence-corrected chi connectivity index (χ4v) is 0.367. The summed E-state index contributed by atoms with van der Waals surface area (Å²) < 4.78 is 17.1. The second kappa shape index (κ2) is 3.32. The normalized spacial score (nSPS) is 15.2. The predicted molar refractivity (Wildman–Crippen MR) is 35.3 cm³/mol. The first-order valence-electron chi connectivity index (χ1n) is 3.09. The van der Waals surface area contributed by atoms with Gasteiger partial charge in [-0.25, -0.2) is 9.18 Å². The van der Waals surface area contributed by atoms with Gasteiger partial charge >= 0.3 is 5.97 Å². The molecule has 1 atom stereocenters. The Morgan fingerprint density at radius 3 is 2.36 bits per heavy atom. The summed E-state index contributed by atoms with van der Waals surface area (Å²) in [6.45, 7) is 2.30. The molecule has 0 spiro atoms. The van der Waals surface area contributed by atoms with E-state index in [9.17, 15) is 14.0 Å². The van der Waals surface area contributed by atoms with Crippen molar-refractivity contribution in [1.82, 2.24) is 0 Å². The zero-order valence-corrected chi connectivity index (χ0v) is 6.39. The summed E-state index contributed by atoms with van der Waals surface area (Å²) in [5.41, 5.74) is 1.87. The van der Waals surface area contributed by atoms with Crippen LogP contribution < -0.4 is 5.73 Å². The number of hydrogen-bond donors (Lipinski definition) is 1. The summed E-state index contributed by atoms with van der Waals surface area (Å²) in [7, 11) is 0. The van der Waals surface area contributed by atoms with E-state index in [4.69, 9.17) is 0 Å². The first-order chi connectivity index (χ1) is 4.92. The number of primary amides is 1. The van der Waals surface area contributed by atoms with Gasteiger partial charge < -0.3 is 10.5 Å². The Labute approximate surface area is 63.5 Å². The van der Waals surface area contributed by atoms with Crippen molar-refractivity contribution in [3.63, 3.8) is 0 Å². The highest BCUT2D eigenvalue weighted by Gasteiger charge is 2.41. The molecule has 11 heavy (non-hydrogen) atoms. The summed E-state index contributed by atoms with van der Waals surface area (Å²) in [5, 5.41) is 0. The van der Waals surface area contributed by atoms with Crippen molar-refractivity contribution in [3.8, 4) is 0 Å². The van der Waals surface area contributed by atoms with Crippen LogP contribution in [0, 0.1) is 0 Å². The van der Waals surface area contributed by atoms with Crippen molar-refractivity contribution in [2.24, 2.45) is 5.73 Å². The Balaban J connectivity index is 4.30. The summed E-state index contributed by atoms with van der Waals surface area (Å²) >= 11 is 0. The van der Waals surface area contributed by atoms with Crippen molar-refractivity contribution in [2.45, 2.75) is 19.5 Å². The second-order valence-electron chi connectivity index (χ2n) is 2.09. The van der Waals surface area contributed by atoms with Crippen molar-refractivity contribution < 1.29 is 18.7 Å². The molecule has 0 bridgehead atoms. The van der Waals surface area contributed by atoms with Crippen molar-refractivity contribution >= 4 is 11.9 Å². The lowest BCUT2D eigenvalue weighted by atomic mass is 10.1. The number of amides is 1. The fraction of sp³-hybridized carbons (Fsp3) is 0.667. The van der Waals surface area contributed by atoms with Gasteiger partial charge in [-0.3, -0.25) is 4.79 Å². The molecule has 2 N–H and O–H groups in total. The van der Waals surface area contributed by atoms with E-state index in [0.717, 1.165) is 6.92 Å². The Morgan fingerprint density at radius 2 is 2.09 bits per heavy atom.